The Morgan fingerprint density at radius 3 is 2.92 bits per heavy atom. The van der Waals surface area contributed by atoms with Crippen molar-refractivity contribution >= 4 is 5.91 Å². The second-order valence-electron chi connectivity index (χ2n) is 6.45. The number of piperidine rings is 1. The fourth-order valence-electron chi connectivity index (χ4n) is 3.55. The first-order valence-electron chi connectivity index (χ1n) is 8.61. The molecule has 0 spiro atoms. The largest absolute Gasteiger partial charge is 0.467 e. The minimum Gasteiger partial charge on any atom is -0.467 e. The zero-order valence-corrected chi connectivity index (χ0v) is 14.0. The smallest absolute Gasteiger partial charge is 0.220 e. The van der Waals surface area contributed by atoms with Crippen LogP contribution in [0.3, 0.4) is 0 Å². The number of carbonyl (C=O) groups is 1. The minimum absolute atomic E-state index is 0.00939. The van der Waals surface area contributed by atoms with E-state index in [0.717, 1.165) is 50.4 Å². The van der Waals surface area contributed by atoms with Crippen LogP contribution in [0.2, 0.25) is 0 Å². The van der Waals surface area contributed by atoms with E-state index in [1.165, 1.54) is 4.90 Å². The highest BCUT2D eigenvalue weighted by Crippen LogP contribution is 2.17. The molecule has 3 rings (SSSR count). The highest BCUT2D eigenvalue weighted by Gasteiger charge is 2.34. The molecular weight excluding hydrogens is 308 g/mol. The van der Waals surface area contributed by atoms with E-state index in [2.05, 4.69) is 22.4 Å². The number of likely N-dealkylation sites (tertiary alicyclic amines) is 1. The second kappa shape index (κ2) is 7.57. The number of primary amides is 1. The maximum absolute atomic E-state index is 11.4. The predicted molar refractivity (Wildman–Crippen MR) is 85.9 cm³/mol. The summed E-state index contributed by atoms with van der Waals surface area (Å²) in [6.07, 6.45) is 5.40. The zero-order chi connectivity index (χ0) is 16.9. The van der Waals surface area contributed by atoms with E-state index in [4.69, 9.17) is 10.2 Å². The summed E-state index contributed by atoms with van der Waals surface area (Å²) in [5.41, 5.74) is 5.45. The summed E-state index contributed by atoms with van der Waals surface area (Å²) in [5.74, 6) is 1.56. The lowest BCUT2D eigenvalue weighted by Gasteiger charge is -2.33. The molecule has 1 amide bonds. The minimum atomic E-state index is -0.177. The molecule has 0 radical (unpaired) electrons. The molecule has 1 aliphatic heterocycles. The zero-order valence-electron chi connectivity index (χ0n) is 14.0. The summed E-state index contributed by atoms with van der Waals surface area (Å²) in [6.45, 7) is 4.55. The summed E-state index contributed by atoms with van der Waals surface area (Å²) < 4.78 is 7.24. The Morgan fingerprint density at radius 1 is 1.50 bits per heavy atom. The molecule has 0 bridgehead atoms. The number of nitrogens with one attached hydrogen (secondary N) is 1. The first-order valence-corrected chi connectivity index (χ1v) is 8.61. The molecule has 3 heterocycles. The predicted octanol–water partition coefficient (Wildman–Crippen LogP) is -0.0642. The second-order valence-corrected chi connectivity index (χ2v) is 6.45. The molecule has 0 aromatic carbocycles. The molecule has 3 N–H and O–H groups in total. The van der Waals surface area contributed by atoms with Crippen molar-refractivity contribution in [1.29, 1.82) is 0 Å². The van der Waals surface area contributed by atoms with E-state index in [-0.39, 0.29) is 17.9 Å². The van der Waals surface area contributed by atoms with Crippen LogP contribution in [0, 0.1) is 5.92 Å². The molecule has 0 saturated carbocycles. The van der Waals surface area contributed by atoms with Gasteiger partial charge in [0.15, 0.2) is 0 Å². The van der Waals surface area contributed by atoms with E-state index in [0.29, 0.717) is 6.54 Å². The molecule has 0 aliphatic carbocycles. The molecule has 24 heavy (non-hydrogen) atoms. The summed E-state index contributed by atoms with van der Waals surface area (Å²) in [4.78, 5) is 12.8. The van der Waals surface area contributed by atoms with Crippen molar-refractivity contribution in [1.82, 2.24) is 20.2 Å². The Morgan fingerprint density at radius 2 is 2.29 bits per heavy atom. The quantitative estimate of drug-likeness (QED) is 0.738. The Hall–Kier alpha value is -2.22. The van der Waals surface area contributed by atoms with Crippen molar-refractivity contribution in [3.05, 3.63) is 30.0 Å². The number of aromatic nitrogens is 4. The van der Waals surface area contributed by atoms with Crippen molar-refractivity contribution in [2.75, 3.05) is 13.1 Å². The Labute approximate surface area is 141 Å². The van der Waals surface area contributed by atoms with Crippen LogP contribution >= 0.6 is 0 Å². The van der Waals surface area contributed by atoms with Crippen LogP contribution in [0.5, 0.6) is 0 Å². The van der Waals surface area contributed by atoms with Gasteiger partial charge in [-0.15, -0.1) is 5.10 Å². The van der Waals surface area contributed by atoms with Gasteiger partial charge in [-0.1, -0.05) is 13.3 Å². The Kier molecular flexibility index (Phi) is 5.24. The SMILES string of the molecule is CCC[C@H](c1nnnn1Cc1ccco1)[NH+]1CCC(C(N)=O)CC1. The maximum atomic E-state index is 11.4. The lowest BCUT2D eigenvalue weighted by molar-refractivity contribution is -0.938. The van der Waals surface area contributed by atoms with E-state index in [1.54, 1.807) is 6.26 Å². The molecule has 2 aromatic rings. The number of carbonyl (C=O) groups excluding carboxylic acids is 1. The van der Waals surface area contributed by atoms with Crippen molar-refractivity contribution in [2.24, 2.45) is 11.7 Å². The average molecular weight is 333 g/mol. The van der Waals surface area contributed by atoms with Gasteiger partial charge < -0.3 is 15.1 Å². The first-order chi connectivity index (χ1) is 11.7. The molecular formula is C16H25N6O2+. The molecule has 130 valence electrons. The van der Waals surface area contributed by atoms with Gasteiger partial charge in [-0.2, -0.15) is 0 Å². The summed E-state index contributed by atoms with van der Waals surface area (Å²) in [7, 11) is 0. The third-order valence-corrected chi connectivity index (χ3v) is 4.86. The van der Waals surface area contributed by atoms with Crippen molar-refractivity contribution < 1.29 is 14.1 Å². The van der Waals surface area contributed by atoms with Gasteiger partial charge in [0, 0.05) is 25.2 Å². The summed E-state index contributed by atoms with van der Waals surface area (Å²) in [6, 6.07) is 4.02. The highest BCUT2D eigenvalue weighted by molar-refractivity contribution is 5.76. The van der Waals surface area contributed by atoms with Gasteiger partial charge in [0.2, 0.25) is 11.7 Å². The van der Waals surface area contributed by atoms with Crippen LogP contribution in [0.15, 0.2) is 22.8 Å². The molecule has 1 fully saturated rings. The average Bonchev–Trinajstić information content (AvgIpc) is 3.25. The standard InChI is InChI=1S/C16H24N6O2/c1-2-4-14(21-8-6-12(7-9-21)15(17)23)16-18-19-20-22(16)11-13-5-3-10-24-13/h3,5,10,12,14H,2,4,6-9,11H2,1H3,(H2,17,23)/p+1/t14-/m1/s1. The topological polar surface area (TPSA) is 104 Å². The third kappa shape index (κ3) is 3.64. The number of hydrogen-bond acceptors (Lipinski definition) is 5. The van der Waals surface area contributed by atoms with E-state index >= 15 is 0 Å². The van der Waals surface area contributed by atoms with Crippen molar-refractivity contribution in [3.8, 4) is 0 Å². The van der Waals surface area contributed by atoms with Crippen LogP contribution in [-0.2, 0) is 11.3 Å². The molecule has 1 saturated heterocycles. The lowest BCUT2D eigenvalue weighted by Crippen LogP contribution is -3.13. The number of quaternary nitrogens is 1. The highest BCUT2D eigenvalue weighted by atomic mass is 16.3. The van der Waals surface area contributed by atoms with Gasteiger partial charge in [0.1, 0.15) is 18.3 Å². The molecule has 1 atom stereocenters. The van der Waals surface area contributed by atoms with Crippen LogP contribution < -0.4 is 10.6 Å². The van der Waals surface area contributed by atoms with E-state index < -0.39 is 0 Å². The number of amides is 1. The van der Waals surface area contributed by atoms with E-state index in [9.17, 15) is 4.79 Å². The van der Waals surface area contributed by atoms with E-state index in [1.807, 2.05) is 16.8 Å². The van der Waals surface area contributed by atoms with Gasteiger partial charge in [-0.05, 0) is 22.6 Å². The number of furan rings is 1. The number of nitrogens with two attached hydrogens (primary N) is 1. The van der Waals surface area contributed by atoms with Crippen LogP contribution in [0.25, 0.3) is 0 Å². The van der Waals surface area contributed by atoms with Gasteiger partial charge in [-0.25, -0.2) is 4.68 Å². The Bertz CT molecular complexity index is 645. The number of hydrogen-bond donors (Lipinski definition) is 2. The van der Waals surface area contributed by atoms with Crippen LogP contribution in [-0.4, -0.2) is 39.2 Å². The van der Waals surface area contributed by atoms with Gasteiger partial charge in [-0.3, -0.25) is 4.79 Å². The normalized spacial score (nSPS) is 22.4. The molecule has 8 heteroatoms. The molecule has 0 unspecified atom stereocenters. The fraction of sp³-hybridized carbons (Fsp3) is 0.625. The first kappa shape index (κ1) is 16.6. The number of tetrazole rings is 1. The Balaban J connectivity index is 1.74. The molecule has 2 aromatic heterocycles. The summed E-state index contributed by atoms with van der Waals surface area (Å²) in [5, 5.41) is 12.3. The van der Waals surface area contributed by atoms with Gasteiger partial charge >= 0.3 is 0 Å². The molecule has 8 nitrogen and oxygen atoms in total. The molecule has 1 aliphatic rings. The van der Waals surface area contributed by atoms with Crippen LogP contribution in [0.1, 0.15) is 50.2 Å². The van der Waals surface area contributed by atoms with Gasteiger partial charge in [0.25, 0.3) is 0 Å². The monoisotopic (exact) mass is 333 g/mol. The lowest BCUT2D eigenvalue weighted by atomic mass is 9.94. The number of nitrogens with zero attached hydrogens (tertiary/aromatic N) is 4. The fourth-order valence-corrected chi connectivity index (χ4v) is 3.55. The van der Waals surface area contributed by atoms with Crippen LogP contribution in [0.4, 0.5) is 0 Å². The third-order valence-electron chi connectivity index (χ3n) is 4.86. The van der Waals surface area contributed by atoms with Crippen molar-refractivity contribution in [3.63, 3.8) is 0 Å². The maximum Gasteiger partial charge on any atom is 0.220 e. The van der Waals surface area contributed by atoms with Crippen molar-refractivity contribution in [2.45, 2.75) is 45.2 Å². The summed E-state index contributed by atoms with van der Waals surface area (Å²) >= 11 is 0. The van der Waals surface area contributed by atoms with Gasteiger partial charge in [0.05, 0.1) is 19.4 Å². The number of rotatable bonds is 7.